The van der Waals surface area contributed by atoms with E-state index in [9.17, 15) is 0 Å². The van der Waals surface area contributed by atoms with Crippen molar-refractivity contribution in [1.82, 2.24) is 5.32 Å². The van der Waals surface area contributed by atoms with Crippen LogP contribution in [0.5, 0.6) is 0 Å². The lowest BCUT2D eigenvalue weighted by Crippen LogP contribution is -2.30. The van der Waals surface area contributed by atoms with Gasteiger partial charge in [-0.2, -0.15) is 0 Å². The van der Waals surface area contributed by atoms with Crippen LogP contribution in [0.2, 0.25) is 0 Å². The van der Waals surface area contributed by atoms with Gasteiger partial charge in [0.05, 0.1) is 26.4 Å². The van der Waals surface area contributed by atoms with Crippen molar-refractivity contribution in [3.63, 3.8) is 0 Å². The van der Waals surface area contributed by atoms with E-state index in [1.807, 2.05) is 7.05 Å². The van der Waals surface area contributed by atoms with E-state index in [2.05, 4.69) is 26.1 Å². The summed E-state index contributed by atoms with van der Waals surface area (Å²) in [4.78, 5) is 0. The summed E-state index contributed by atoms with van der Waals surface area (Å²) in [7, 11) is 2.01. The molecule has 0 aliphatic carbocycles. The van der Waals surface area contributed by atoms with Gasteiger partial charge in [0.2, 0.25) is 0 Å². The van der Waals surface area contributed by atoms with Gasteiger partial charge in [-0.25, -0.2) is 0 Å². The Kier molecular flexibility index (Phi) is 13.7. The minimum Gasteiger partial charge on any atom is -0.379 e. The summed E-state index contributed by atoms with van der Waals surface area (Å²) >= 11 is 0. The van der Waals surface area contributed by atoms with Crippen LogP contribution in [-0.4, -0.2) is 53.2 Å². The van der Waals surface area contributed by atoms with Gasteiger partial charge >= 0.3 is 0 Å². The molecule has 1 unspecified atom stereocenters. The Hall–Kier alpha value is -0.160. The quantitative estimate of drug-likeness (QED) is 0.471. The second-order valence-corrected chi connectivity index (χ2v) is 5.64. The molecular formula is C16H35NO3. The van der Waals surface area contributed by atoms with Crippen LogP contribution in [0.4, 0.5) is 0 Å². The van der Waals surface area contributed by atoms with E-state index in [4.69, 9.17) is 14.2 Å². The second-order valence-electron chi connectivity index (χ2n) is 5.64. The molecule has 0 aliphatic heterocycles. The SMILES string of the molecule is CCCCOCCOCCOCCC(C)(CC)CNC. The summed E-state index contributed by atoms with van der Waals surface area (Å²) in [5, 5.41) is 3.25. The Balaban J connectivity index is 3.27. The lowest BCUT2D eigenvalue weighted by atomic mass is 9.84. The maximum absolute atomic E-state index is 5.63. The maximum Gasteiger partial charge on any atom is 0.0701 e. The first-order valence-electron chi connectivity index (χ1n) is 8.06. The van der Waals surface area contributed by atoms with Gasteiger partial charge in [-0.3, -0.25) is 0 Å². The van der Waals surface area contributed by atoms with Crippen molar-refractivity contribution < 1.29 is 14.2 Å². The summed E-state index contributed by atoms with van der Waals surface area (Å²) in [6.45, 7) is 12.1. The summed E-state index contributed by atoms with van der Waals surface area (Å²) in [5.41, 5.74) is 0.336. The topological polar surface area (TPSA) is 39.7 Å². The number of unbranched alkanes of at least 4 members (excludes halogenated alkanes) is 1. The standard InChI is InChI=1S/C16H35NO3/c1-5-7-9-18-11-13-20-14-12-19-10-8-16(3,6-2)15-17-4/h17H,5-15H2,1-4H3. The maximum atomic E-state index is 5.63. The highest BCUT2D eigenvalue weighted by atomic mass is 16.5. The highest BCUT2D eigenvalue weighted by molar-refractivity contribution is 4.74. The van der Waals surface area contributed by atoms with Gasteiger partial charge in [-0.1, -0.05) is 27.2 Å². The van der Waals surface area contributed by atoms with Crippen LogP contribution < -0.4 is 5.32 Å². The number of hydrogen-bond acceptors (Lipinski definition) is 4. The molecule has 0 saturated heterocycles. The Morgan fingerprint density at radius 1 is 0.850 bits per heavy atom. The molecule has 20 heavy (non-hydrogen) atoms. The molecule has 0 radical (unpaired) electrons. The Morgan fingerprint density at radius 2 is 1.40 bits per heavy atom. The summed E-state index contributed by atoms with van der Waals surface area (Å²) in [6, 6.07) is 0. The zero-order valence-corrected chi connectivity index (χ0v) is 14.0. The monoisotopic (exact) mass is 289 g/mol. The van der Waals surface area contributed by atoms with Crippen molar-refractivity contribution >= 4 is 0 Å². The molecule has 0 aromatic rings. The average Bonchev–Trinajstić information content (AvgIpc) is 2.45. The first-order valence-corrected chi connectivity index (χ1v) is 8.06. The fraction of sp³-hybridized carbons (Fsp3) is 1.00. The van der Waals surface area contributed by atoms with Gasteiger partial charge in [0, 0.05) is 19.8 Å². The third-order valence-corrected chi connectivity index (χ3v) is 3.69. The molecule has 0 fully saturated rings. The molecule has 0 amide bonds. The van der Waals surface area contributed by atoms with Gasteiger partial charge in [-0.15, -0.1) is 0 Å². The molecule has 0 aromatic heterocycles. The molecule has 4 nitrogen and oxygen atoms in total. The lowest BCUT2D eigenvalue weighted by Gasteiger charge is -2.27. The van der Waals surface area contributed by atoms with Crippen LogP contribution in [0.1, 0.15) is 46.5 Å². The summed E-state index contributed by atoms with van der Waals surface area (Å²) < 4.78 is 16.5. The van der Waals surface area contributed by atoms with Gasteiger partial charge in [-0.05, 0) is 31.7 Å². The van der Waals surface area contributed by atoms with Crippen molar-refractivity contribution in [3.8, 4) is 0 Å². The van der Waals surface area contributed by atoms with Crippen molar-refractivity contribution in [2.45, 2.75) is 46.5 Å². The van der Waals surface area contributed by atoms with E-state index in [-0.39, 0.29) is 0 Å². The minimum absolute atomic E-state index is 0.336. The molecular weight excluding hydrogens is 254 g/mol. The van der Waals surface area contributed by atoms with Crippen LogP contribution >= 0.6 is 0 Å². The minimum atomic E-state index is 0.336. The van der Waals surface area contributed by atoms with E-state index in [1.54, 1.807) is 0 Å². The normalized spacial score (nSPS) is 14.4. The molecule has 0 bridgehead atoms. The first-order chi connectivity index (χ1) is 9.68. The van der Waals surface area contributed by atoms with E-state index in [0.717, 1.165) is 32.6 Å². The molecule has 0 saturated carbocycles. The number of hydrogen-bond donors (Lipinski definition) is 1. The Morgan fingerprint density at radius 3 is 1.90 bits per heavy atom. The van der Waals surface area contributed by atoms with Crippen molar-refractivity contribution in [2.75, 3.05) is 53.2 Å². The van der Waals surface area contributed by atoms with Crippen LogP contribution in [-0.2, 0) is 14.2 Å². The molecule has 0 aliphatic rings. The first kappa shape index (κ1) is 19.8. The van der Waals surface area contributed by atoms with Crippen molar-refractivity contribution in [3.05, 3.63) is 0 Å². The second kappa shape index (κ2) is 13.8. The summed E-state index contributed by atoms with van der Waals surface area (Å²) in [5.74, 6) is 0. The molecule has 1 N–H and O–H groups in total. The van der Waals surface area contributed by atoms with Crippen LogP contribution in [0.25, 0.3) is 0 Å². The average molecular weight is 289 g/mol. The Labute approximate surface area is 125 Å². The van der Waals surface area contributed by atoms with E-state index >= 15 is 0 Å². The molecule has 0 rings (SSSR count). The fourth-order valence-electron chi connectivity index (χ4n) is 1.92. The predicted molar refractivity (Wildman–Crippen MR) is 84.3 cm³/mol. The van der Waals surface area contributed by atoms with E-state index < -0.39 is 0 Å². The zero-order valence-electron chi connectivity index (χ0n) is 14.0. The van der Waals surface area contributed by atoms with Gasteiger partial charge in [0.25, 0.3) is 0 Å². The number of rotatable bonds is 15. The number of ether oxygens (including phenoxy) is 3. The summed E-state index contributed by atoms with van der Waals surface area (Å²) in [6.07, 6.45) is 4.57. The molecule has 1 atom stereocenters. The molecule has 122 valence electrons. The lowest BCUT2D eigenvalue weighted by molar-refractivity contribution is 0.00846. The molecule has 0 heterocycles. The Bertz CT molecular complexity index is 202. The smallest absolute Gasteiger partial charge is 0.0701 e. The van der Waals surface area contributed by atoms with E-state index in [0.29, 0.717) is 31.8 Å². The molecule has 0 spiro atoms. The highest BCUT2D eigenvalue weighted by Crippen LogP contribution is 2.24. The third-order valence-electron chi connectivity index (χ3n) is 3.69. The zero-order chi connectivity index (χ0) is 15.1. The fourth-order valence-corrected chi connectivity index (χ4v) is 1.92. The number of nitrogens with one attached hydrogen (secondary N) is 1. The third kappa shape index (κ3) is 11.6. The van der Waals surface area contributed by atoms with Gasteiger partial charge in [0.1, 0.15) is 0 Å². The van der Waals surface area contributed by atoms with Crippen molar-refractivity contribution in [2.24, 2.45) is 5.41 Å². The molecule has 4 heteroatoms. The van der Waals surface area contributed by atoms with Crippen LogP contribution in [0.3, 0.4) is 0 Å². The molecule has 0 aromatic carbocycles. The highest BCUT2D eigenvalue weighted by Gasteiger charge is 2.20. The van der Waals surface area contributed by atoms with Crippen LogP contribution in [0, 0.1) is 5.41 Å². The van der Waals surface area contributed by atoms with Gasteiger partial charge < -0.3 is 19.5 Å². The largest absolute Gasteiger partial charge is 0.379 e. The van der Waals surface area contributed by atoms with E-state index in [1.165, 1.54) is 12.8 Å². The van der Waals surface area contributed by atoms with Crippen LogP contribution in [0.15, 0.2) is 0 Å². The van der Waals surface area contributed by atoms with Crippen molar-refractivity contribution in [1.29, 1.82) is 0 Å². The van der Waals surface area contributed by atoms with Gasteiger partial charge in [0.15, 0.2) is 0 Å². The predicted octanol–water partition coefficient (Wildman–Crippen LogP) is 2.86.